The smallest absolute Gasteiger partial charge is 0.120 e. The van der Waals surface area contributed by atoms with E-state index >= 15 is 0 Å². The van der Waals surface area contributed by atoms with Crippen molar-refractivity contribution < 1.29 is 9.84 Å². The van der Waals surface area contributed by atoms with Crippen LogP contribution in [0.15, 0.2) is 18.2 Å². The predicted octanol–water partition coefficient (Wildman–Crippen LogP) is 3.37. The van der Waals surface area contributed by atoms with Gasteiger partial charge in [0.1, 0.15) is 5.75 Å². The number of methoxy groups -OCH3 is 1. The highest BCUT2D eigenvalue weighted by molar-refractivity contribution is 5.37. The van der Waals surface area contributed by atoms with E-state index in [-0.39, 0.29) is 6.04 Å². The highest BCUT2D eigenvalue weighted by atomic mass is 16.5. The molecule has 1 N–H and O–H groups in total. The molecule has 0 spiro atoms. The van der Waals surface area contributed by atoms with E-state index in [1.54, 1.807) is 13.2 Å². The first-order chi connectivity index (χ1) is 8.95. The average molecular weight is 265 g/mol. The van der Waals surface area contributed by atoms with Crippen molar-refractivity contribution in [3.63, 3.8) is 0 Å². The van der Waals surface area contributed by atoms with Gasteiger partial charge in [-0.05, 0) is 25.8 Å². The zero-order valence-electron chi connectivity index (χ0n) is 12.8. The van der Waals surface area contributed by atoms with E-state index in [4.69, 9.17) is 4.74 Å². The van der Waals surface area contributed by atoms with Crippen LogP contribution in [0.3, 0.4) is 0 Å². The molecule has 0 saturated heterocycles. The van der Waals surface area contributed by atoms with Crippen LogP contribution in [0.1, 0.15) is 37.9 Å². The summed E-state index contributed by atoms with van der Waals surface area (Å²) in [6.07, 6.45) is 0. The van der Waals surface area contributed by atoms with Gasteiger partial charge in [0.2, 0.25) is 0 Å². The van der Waals surface area contributed by atoms with E-state index < -0.39 is 0 Å². The molecule has 108 valence electrons. The normalized spacial score (nSPS) is 13.2. The molecule has 0 aromatic heterocycles. The number of aromatic hydroxyl groups is 1. The second kappa shape index (κ2) is 7.51. The maximum Gasteiger partial charge on any atom is 0.120 e. The molecule has 0 aliphatic carbocycles. The second-order valence-electron chi connectivity index (χ2n) is 5.62. The van der Waals surface area contributed by atoms with E-state index in [1.165, 1.54) is 5.56 Å². The lowest BCUT2D eigenvalue weighted by Gasteiger charge is -2.31. The number of phenols is 1. The van der Waals surface area contributed by atoms with Crippen molar-refractivity contribution in [2.45, 2.75) is 33.7 Å². The minimum atomic E-state index is 0.192. The number of phenolic OH excluding ortho intramolecular Hbond substituents is 1. The van der Waals surface area contributed by atoms with Gasteiger partial charge in [0.25, 0.3) is 0 Å². The van der Waals surface area contributed by atoms with Gasteiger partial charge in [-0.2, -0.15) is 0 Å². The van der Waals surface area contributed by atoms with Gasteiger partial charge >= 0.3 is 0 Å². The van der Waals surface area contributed by atoms with E-state index in [9.17, 15) is 5.11 Å². The number of nitrogens with zero attached hydrogens (tertiary/aromatic N) is 1. The summed E-state index contributed by atoms with van der Waals surface area (Å²) in [7, 11) is 1.72. The molecule has 0 aliphatic heterocycles. The van der Waals surface area contributed by atoms with Gasteiger partial charge in [-0.25, -0.2) is 0 Å². The lowest BCUT2D eigenvalue weighted by atomic mass is 10.0. The fraction of sp³-hybridized carbons (Fsp3) is 0.625. The van der Waals surface area contributed by atoms with Gasteiger partial charge in [-0.3, -0.25) is 4.90 Å². The summed E-state index contributed by atoms with van der Waals surface area (Å²) in [6, 6.07) is 5.98. The standard InChI is InChI=1S/C16H27NO2/c1-12(2)11-17(8-9-19-5)14(4)15-10-13(3)6-7-16(15)18/h6-7,10,12,14,18H,8-9,11H2,1-5H3. The number of hydrogen-bond acceptors (Lipinski definition) is 3. The number of rotatable bonds is 7. The van der Waals surface area contributed by atoms with Crippen LogP contribution >= 0.6 is 0 Å². The number of ether oxygens (including phenoxy) is 1. The van der Waals surface area contributed by atoms with Crippen molar-refractivity contribution in [2.24, 2.45) is 5.92 Å². The Labute approximate surface area is 117 Å². The number of benzene rings is 1. The largest absolute Gasteiger partial charge is 0.508 e. The number of aryl methyl sites for hydroxylation is 1. The van der Waals surface area contributed by atoms with E-state index in [2.05, 4.69) is 38.7 Å². The third-order valence-corrected chi connectivity index (χ3v) is 3.36. The van der Waals surface area contributed by atoms with Gasteiger partial charge in [-0.1, -0.05) is 31.5 Å². The molecule has 3 heteroatoms. The first-order valence-electron chi connectivity index (χ1n) is 6.98. The molecule has 19 heavy (non-hydrogen) atoms. The van der Waals surface area contributed by atoms with Crippen LogP contribution in [0.4, 0.5) is 0 Å². The zero-order chi connectivity index (χ0) is 14.4. The van der Waals surface area contributed by atoms with Crippen LogP contribution in [0.5, 0.6) is 5.75 Å². The van der Waals surface area contributed by atoms with Crippen molar-refractivity contribution in [1.29, 1.82) is 0 Å². The third-order valence-electron chi connectivity index (χ3n) is 3.36. The highest BCUT2D eigenvalue weighted by Gasteiger charge is 2.19. The van der Waals surface area contributed by atoms with Crippen LogP contribution in [0.25, 0.3) is 0 Å². The van der Waals surface area contributed by atoms with Crippen LogP contribution < -0.4 is 0 Å². The van der Waals surface area contributed by atoms with Crippen molar-refractivity contribution in [2.75, 3.05) is 26.8 Å². The van der Waals surface area contributed by atoms with E-state index in [0.29, 0.717) is 18.3 Å². The Morgan fingerprint density at radius 1 is 1.26 bits per heavy atom. The van der Waals surface area contributed by atoms with Gasteiger partial charge in [-0.15, -0.1) is 0 Å². The summed E-state index contributed by atoms with van der Waals surface area (Å²) in [5.41, 5.74) is 2.17. The molecule has 1 atom stereocenters. The first kappa shape index (κ1) is 16.0. The minimum absolute atomic E-state index is 0.192. The summed E-state index contributed by atoms with van der Waals surface area (Å²) in [4.78, 5) is 2.36. The summed E-state index contributed by atoms with van der Waals surface area (Å²) >= 11 is 0. The van der Waals surface area contributed by atoms with Crippen molar-refractivity contribution in [3.05, 3.63) is 29.3 Å². The molecular weight excluding hydrogens is 238 g/mol. The van der Waals surface area contributed by atoms with Crippen LogP contribution in [0, 0.1) is 12.8 Å². The summed E-state index contributed by atoms with van der Waals surface area (Å²) < 4.78 is 5.19. The zero-order valence-corrected chi connectivity index (χ0v) is 12.8. The molecule has 0 amide bonds. The predicted molar refractivity (Wildman–Crippen MR) is 79.5 cm³/mol. The first-order valence-corrected chi connectivity index (χ1v) is 6.98. The summed E-state index contributed by atoms with van der Waals surface area (Å²) in [5, 5.41) is 10.1. The van der Waals surface area contributed by atoms with Gasteiger partial charge in [0.15, 0.2) is 0 Å². The van der Waals surface area contributed by atoms with Crippen molar-refractivity contribution >= 4 is 0 Å². The molecule has 0 fully saturated rings. The molecule has 1 aromatic rings. The van der Waals surface area contributed by atoms with Gasteiger partial charge in [0.05, 0.1) is 6.61 Å². The van der Waals surface area contributed by atoms with Crippen molar-refractivity contribution in [1.82, 2.24) is 4.90 Å². The lowest BCUT2D eigenvalue weighted by molar-refractivity contribution is 0.114. The SMILES string of the molecule is COCCN(CC(C)C)C(C)c1cc(C)ccc1O. The summed E-state index contributed by atoms with van der Waals surface area (Å²) in [6.45, 7) is 11.2. The second-order valence-corrected chi connectivity index (χ2v) is 5.62. The molecule has 1 rings (SSSR count). The quantitative estimate of drug-likeness (QED) is 0.820. The van der Waals surface area contributed by atoms with E-state index in [0.717, 1.165) is 18.7 Å². The molecule has 0 saturated carbocycles. The minimum Gasteiger partial charge on any atom is -0.508 e. The maximum atomic E-state index is 10.1. The number of hydrogen-bond donors (Lipinski definition) is 1. The van der Waals surface area contributed by atoms with Gasteiger partial charge in [0, 0.05) is 31.8 Å². The Morgan fingerprint density at radius 3 is 2.53 bits per heavy atom. The maximum absolute atomic E-state index is 10.1. The summed E-state index contributed by atoms with van der Waals surface area (Å²) in [5.74, 6) is 0.968. The highest BCUT2D eigenvalue weighted by Crippen LogP contribution is 2.29. The molecule has 0 aliphatic rings. The molecule has 3 nitrogen and oxygen atoms in total. The Hall–Kier alpha value is -1.06. The molecule has 0 bridgehead atoms. The molecular formula is C16H27NO2. The molecule has 0 heterocycles. The average Bonchev–Trinajstić information content (AvgIpc) is 2.36. The van der Waals surface area contributed by atoms with Crippen LogP contribution in [-0.4, -0.2) is 36.8 Å². The van der Waals surface area contributed by atoms with E-state index in [1.807, 2.05) is 6.07 Å². The topological polar surface area (TPSA) is 32.7 Å². The molecule has 1 unspecified atom stereocenters. The van der Waals surface area contributed by atoms with Crippen LogP contribution in [0.2, 0.25) is 0 Å². The lowest BCUT2D eigenvalue weighted by Crippen LogP contribution is -2.33. The third kappa shape index (κ3) is 4.84. The Bertz CT molecular complexity index is 390. The monoisotopic (exact) mass is 265 g/mol. The Kier molecular flexibility index (Phi) is 6.32. The van der Waals surface area contributed by atoms with Gasteiger partial charge < -0.3 is 9.84 Å². The Morgan fingerprint density at radius 2 is 1.95 bits per heavy atom. The van der Waals surface area contributed by atoms with Crippen molar-refractivity contribution in [3.8, 4) is 5.75 Å². The Balaban J connectivity index is 2.90. The fourth-order valence-corrected chi connectivity index (χ4v) is 2.33. The molecule has 1 aromatic carbocycles. The van der Waals surface area contributed by atoms with Crippen LogP contribution in [-0.2, 0) is 4.74 Å². The fourth-order valence-electron chi connectivity index (χ4n) is 2.33. The molecule has 0 radical (unpaired) electrons.